The van der Waals surface area contributed by atoms with E-state index in [0.717, 1.165) is 35.6 Å². The van der Waals surface area contributed by atoms with Crippen LogP contribution in [-0.4, -0.2) is 46.9 Å². The molecule has 5 rings (SSSR count). The number of carbonyl (C=O) groups excluding carboxylic acids is 1. The Labute approximate surface area is 187 Å². The van der Waals surface area contributed by atoms with Crippen LogP contribution in [0.5, 0.6) is 0 Å². The number of rotatable bonds is 2. The minimum Gasteiger partial charge on any atom is -0.393 e. The number of hydrogen-bond acceptors (Lipinski definition) is 4. The predicted octanol–water partition coefficient (Wildman–Crippen LogP) is 4.43. The summed E-state index contributed by atoms with van der Waals surface area (Å²) in [6, 6.07) is 19.9. The average Bonchev–Trinajstić information content (AvgIpc) is 2.91. The lowest BCUT2D eigenvalue weighted by Gasteiger charge is -2.33. The summed E-state index contributed by atoms with van der Waals surface area (Å²) in [5.74, 6) is 0.963. The number of amidine groups is 1. The van der Waals surface area contributed by atoms with E-state index < -0.39 is 6.04 Å². The topological polar surface area (TPSA) is 52.9 Å². The smallest absolute Gasteiger partial charge is 0.162 e. The van der Waals surface area contributed by atoms with Crippen LogP contribution in [0.4, 0.5) is 0 Å². The molecule has 1 atom stereocenters. The van der Waals surface area contributed by atoms with E-state index in [1.807, 2.05) is 30.3 Å². The number of hydrogen-bond donors (Lipinski definition) is 1. The summed E-state index contributed by atoms with van der Waals surface area (Å²) in [5, 5.41) is 13.0. The highest BCUT2D eigenvalue weighted by Gasteiger charge is 2.30. The summed E-state index contributed by atoms with van der Waals surface area (Å²) in [5.41, 5.74) is 3.02. The molecule has 0 aromatic heterocycles. The second-order valence-electron chi connectivity index (χ2n) is 8.52. The van der Waals surface area contributed by atoms with Gasteiger partial charge in [0.25, 0.3) is 0 Å². The molecular formula is C26H25ClN2O2. The van der Waals surface area contributed by atoms with Crippen LogP contribution in [0.15, 0.2) is 65.7 Å². The first-order valence-electron chi connectivity index (χ1n) is 10.9. The summed E-state index contributed by atoms with van der Waals surface area (Å²) < 4.78 is 0. The maximum absolute atomic E-state index is 13.2. The molecule has 31 heavy (non-hydrogen) atoms. The van der Waals surface area contributed by atoms with Crippen LogP contribution in [-0.2, 0) is 17.6 Å². The molecule has 0 amide bonds. The van der Waals surface area contributed by atoms with Crippen LogP contribution in [0.1, 0.15) is 29.5 Å². The van der Waals surface area contributed by atoms with Gasteiger partial charge >= 0.3 is 0 Å². The molecule has 1 fully saturated rings. The summed E-state index contributed by atoms with van der Waals surface area (Å²) in [6.45, 7) is 1.45. The van der Waals surface area contributed by atoms with Crippen LogP contribution in [0.2, 0.25) is 5.02 Å². The van der Waals surface area contributed by atoms with Crippen LogP contribution in [0, 0.1) is 0 Å². The van der Waals surface area contributed by atoms with Crippen LogP contribution >= 0.6 is 11.6 Å². The highest BCUT2D eigenvalue weighted by Crippen LogP contribution is 2.27. The lowest BCUT2D eigenvalue weighted by atomic mass is 9.96. The number of fused-ring (bicyclic) bond motifs is 2. The molecule has 5 heteroatoms. The Kier molecular flexibility index (Phi) is 5.51. The fourth-order valence-corrected chi connectivity index (χ4v) is 4.76. The predicted molar refractivity (Wildman–Crippen MR) is 125 cm³/mol. The van der Waals surface area contributed by atoms with Gasteiger partial charge in [0.15, 0.2) is 5.78 Å². The highest BCUT2D eigenvalue weighted by atomic mass is 35.5. The van der Waals surface area contributed by atoms with Gasteiger partial charge in [-0.1, -0.05) is 60.1 Å². The molecular weight excluding hydrogens is 408 g/mol. The van der Waals surface area contributed by atoms with Gasteiger partial charge in [0.05, 0.1) is 6.10 Å². The van der Waals surface area contributed by atoms with E-state index in [4.69, 9.17) is 16.6 Å². The molecule has 1 N–H and O–H groups in total. The van der Waals surface area contributed by atoms with E-state index in [-0.39, 0.29) is 11.9 Å². The van der Waals surface area contributed by atoms with E-state index in [1.54, 1.807) is 0 Å². The van der Waals surface area contributed by atoms with Gasteiger partial charge in [-0.25, -0.2) is 0 Å². The second-order valence-corrected chi connectivity index (χ2v) is 8.95. The van der Waals surface area contributed by atoms with Crippen molar-refractivity contribution in [3.05, 3.63) is 82.4 Å². The number of Topliss-reactive ketones (excluding diaryl/α,β-unsaturated/α-hetero) is 1. The first kappa shape index (κ1) is 20.2. The third-order valence-electron chi connectivity index (χ3n) is 6.33. The van der Waals surface area contributed by atoms with Crippen molar-refractivity contribution in [2.24, 2.45) is 4.99 Å². The zero-order chi connectivity index (χ0) is 21.4. The van der Waals surface area contributed by atoms with E-state index in [0.29, 0.717) is 30.7 Å². The summed E-state index contributed by atoms with van der Waals surface area (Å²) in [6.07, 6.45) is 2.08. The lowest BCUT2D eigenvalue weighted by Crippen LogP contribution is -2.41. The van der Waals surface area contributed by atoms with Crippen molar-refractivity contribution >= 4 is 34.0 Å². The first-order valence-corrected chi connectivity index (χ1v) is 11.2. The zero-order valence-corrected chi connectivity index (χ0v) is 18.1. The Morgan fingerprint density at radius 2 is 1.77 bits per heavy atom. The third kappa shape index (κ3) is 4.23. The maximum atomic E-state index is 13.2. The molecule has 2 heterocycles. The molecule has 158 valence electrons. The van der Waals surface area contributed by atoms with Crippen LogP contribution in [0.3, 0.4) is 0 Å². The van der Waals surface area contributed by atoms with Crippen molar-refractivity contribution in [3.63, 3.8) is 0 Å². The minimum absolute atomic E-state index is 0.128. The van der Waals surface area contributed by atoms with Gasteiger partial charge in [0.2, 0.25) is 0 Å². The molecule has 2 aliphatic heterocycles. The molecule has 1 unspecified atom stereocenters. The van der Waals surface area contributed by atoms with E-state index in [9.17, 15) is 9.90 Å². The zero-order valence-electron chi connectivity index (χ0n) is 17.3. The molecule has 0 bridgehead atoms. The van der Waals surface area contributed by atoms with E-state index >= 15 is 0 Å². The summed E-state index contributed by atoms with van der Waals surface area (Å²) in [7, 11) is 0. The van der Waals surface area contributed by atoms with Crippen molar-refractivity contribution in [1.29, 1.82) is 0 Å². The Morgan fingerprint density at radius 1 is 1.00 bits per heavy atom. The van der Waals surface area contributed by atoms with Gasteiger partial charge in [-0.2, -0.15) is 0 Å². The summed E-state index contributed by atoms with van der Waals surface area (Å²) >= 11 is 6.32. The van der Waals surface area contributed by atoms with Gasteiger partial charge in [-0.3, -0.25) is 9.79 Å². The molecule has 1 saturated heterocycles. The molecule has 0 radical (unpaired) electrons. The molecule has 3 aromatic rings. The van der Waals surface area contributed by atoms with Gasteiger partial charge in [0, 0.05) is 36.5 Å². The maximum Gasteiger partial charge on any atom is 0.162 e. The number of likely N-dealkylation sites (tertiary alicyclic amines) is 1. The number of carbonyl (C=O) groups is 1. The van der Waals surface area contributed by atoms with Crippen molar-refractivity contribution in [2.45, 2.75) is 37.8 Å². The van der Waals surface area contributed by atoms with Gasteiger partial charge in [-0.05, 0) is 46.9 Å². The standard InChI is InChI=1S/C26H25ClN2O2/c27-21-8-7-20-15-25(31)24(14-17-5-6-18-3-1-2-4-19(18)13-17)28-26(23(20)16-21)29-11-9-22(30)10-12-29/h1-8,13,16,22,24,30H,9-12,14-15H2. The number of benzene rings is 3. The third-order valence-corrected chi connectivity index (χ3v) is 6.57. The van der Waals surface area contributed by atoms with Crippen molar-refractivity contribution in [3.8, 4) is 0 Å². The number of aliphatic hydroxyl groups excluding tert-OH is 1. The highest BCUT2D eigenvalue weighted by molar-refractivity contribution is 6.31. The number of aliphatic hydroxyl groups is 1. The Hall–Kier alpha value is -2.69. The largest absolute Gasteiger partial charge is 0.393 e. The molecule has 4 nitrogen and oxygen atoms in total. The Bertz CT molecular complexity index is 1170. The Morgan fingerprint density at radius 3 is 2.58 bits per heavy atom. The molecule has 0 spiro atoms. The van der Waals surface area contributed by atoms with E-state index in [2.05, 4.69) is 35.2 Å². The van der Waals surface area contributed by atoms with Crippen molar-refractivity contribution in [2.75, 3.05) is 13.1 Å². The van der Waals surface area contributed by atoms with Gasteiger partial charge in [-0.15, -0.1) is 0 Å². The van der Waals surface area contributed by atoms with Crippen molar-refractivity contribution in [1.82, 2.24) is 4.90 Å². The molecule has 0 saturated carbocycles. The quantitative estimate of drug-likeness (QED) is 0.651. The van der Waals surface area contributed by atoms with Crippen LogP contribution < -0.4 is 0 Å². The lowest BCUT2D eigenvalue weighted by molar-refractivity contribution is -0.119. The van der Waals surface area contributed by atoms with Gasteiger partial charge < -0.3 is 10.0 Å². The van der Waals surface area contributed by atoms with Crippen LogP contribution in [0.25, 0.3) is 10.8 Å². The average molecular weight is 433 g/mol. The second kappa shape index (κ2) is 8.45. The Balaban J connectivity index is 1.52. The van der Waals surface area contributed by atoms with E-state index in [1.165, 1.54) is 10.8 Å². The molecule has 0 aliphatic carbocycles. The number of aliphatic imine (C=N–C) groups is 1. The van der Waals surface area contributed by atoms with Crippen molar-refractivity contribution < 1.29 is 9.90 Å². The molecule has 3 aromatic carbocycles. The fraction of sp³-hybridized carbons (Fsp3) is 0.308. The van der Waals surface area contributed by atoms with Gasteiger partial charge in [0.1, 0.15) is 11.9 Å². The first-order chi connectivity index (χ1) is 15.1. The SMILES string of the molecule is O=C1Cc2ccc(Cl)cc2C(N2CCC(O)CC2)=NC1Cc1ccc2ccccc2c1. The molecule has 2 aliphatic rings. The number of nitrogens with zero attached hydrogens (tertiary/aromatic N) is 2. The fourth-order valence-electron chi connectivity index (χ4n) is 4.58. The number of ketones is 1. The summed E-state index contributed by atoms with van der Waals surface area (Å²) in [4.78, 5) is 20.4. The number of halogens is 1. The monoisotopic (exact) mass is 432 g/mol. The normalized spacial score (nSPS) is 19.8. The minimum atomic E-state index is -0.436. The number of piperidine rings is 1.